The molecule has 1 amide bonds. The van der Waals surface area contributed by atoms with Crippen LogP contribution in [0, 0.1) is 0 Å². The second kappa shape index (κ2) is 9.86. The fraction of sp³-hybridized carbons (Fsp3) is 0.294. The maximum atomic E-state index is 12.2. The molecule has 0 aliphatic carbocycles. The molecule has 0 aliphatic rings. The number of aryl methyl sites for hydroxylation is 1. The number of carbonyl (C=O) groups excluding carboxylic acids is 1. The smallest absolute Gasteiger partial charge is 0.412 e. The van der Waals surface area contributed by atoms with Crippen molar-refractivity contribution in [3.8, 4) is 0 Å². The van der Waals surface area contributed by atoms with E-state index in [2.05, 4.69) is 15.6 Å². The van der Waals surface area contributed by atoms with Gasteiger partial charge in [-0.05, 0) is 24.1 Å². The number of ether oxygens (including phenoxy) is 1. The van der Waals surface area contributed by atoms with Crippen LogP contribution < -0.4 is 16.6 Å². The fourth-order valence-electron chi connectivity index (χ4n) is 2.22. The number of nitrogens with zero attached hydrogens (tertiary/aromatic N) is 3. The quantitative estimate of drug-likeness (QED) is 0.259. The minimum Gasteiger partial charge on any atom is -0.441 e. The molecule has 156 valence electrons. The number of carbonyl (C=O) groups is 1. The molecule has 0 saturated heterocycles. The molecule has 2 aromatic rings. The number of hydrogen-bond donors (Lipinski definition) is 3. The van der Waals surface area contributed by atoms with Crippen molar-refractivity contribution in [2.75, 3.05) is 11.9 Å². The first-order chi connectivity index (χ1) is 13.6. The van der Waals surface area contributed by atoms with Crippen LogP contribution in [-0.4, -0.2) is 33.5 Å². The van der Waals surface area contributed by atoms with E-state index in [-0.39, 0.29) is 34.0 Å². The zero-order valence-electron chi connectivity index (χ0n) is 15.8. The molecule has 29 heavy (non-hydrogen) atoms. The van der Waals surface area contributed by atoms with E-state index in [1.54, 1.807) is 13.1 Å². The standard InChI is InChI=1S/C17H19Cl2N5O4S/c1-8(2)10-6-14(22-24(3)16(10)25)29-15-11(18)4-9(5-12(15)19)21-17(26)28-7-13(20)23-27/h4-6,8,27H,7H2,1-3H3,(H2,20,23)(H,21,26). The predicted molar refractivity (Wildman–Crippen MR) is 113 cm³/mol. The molecule has 4 N–H and O–H groups in total. The number of nitrogens with two attached hydrogens (primary N) is 1. The molecule has 0 spiro atoms. The molecular formula is C17H19Cl2N5O4S. The molecule has 2 rings (SSSR count). The third-order valence-electron chi connectivity index (χ3n) is 3.62. The Kier molecular flexibility index (Phi) is 7.77. The molecule has 9 nitrogen and oxygen atoms in total. The van der Waals surface area contributed by atoms with E-state index >= 15 is 0 Å². The fourth-order valence-corrected chi connectivity index (χ4v) is 3.81. The van der Waals surface area contributed by atoms with Crippen molar-refractivity contribution in [2.45, 2.75) is 29.7 Å². The van der Waals surface area contributed by atoms with Gasteiger partial charge in [0.25, 0.3) is 5.56 Å². The van der Waals surface area contributed by atoms with Gasteiger partial charge in [0.05, 0.1) is 14.9 Å². The van der Waals surface area contributed by atoms with Crippen LogP contribution in [-0.2, 0) is 11.8 Å². The zero-order chi connectivity index (χ0) is 21.7. The number of aromatic nitrogens is 2. The highest BCUT2D eigenvalue weighted by Crippen LogP contribution is 2.40. The van der Waals surface area contributed by atoms with E-state index < -0.39 is 6.09 Å². The highest BCUT2D eigenvalue weighted by atomic mass is 35.5. The lowest BCUT2D eigenvalue weighted by atomic mass is 10.1. The van der Waals surface area contributed by atoms with E-state index in [1.807, 2.05) is 13.8 Å². The zero-order valence-corrected chi connectivity index (χ0v) is 18.1. The number of amidine groups is 1. The van der Waals surface area contributed by atoms with Crippen LogP contribution in [0.2, 0.25) is 10.0 Å². The van der Waals surface area contributed by atoms with Gasteiger partial charge in [-0.2, -0.15) is 5.10 Å². The molecule has 0 unspecified atom stereocenters. The van der Waals surface area contributed by atoms with E-state index in [4.69, 9.17) is 38.9 Å². The van der Waals surface area contributed by atoms with Crippen LogP contribution in [0.15, 0.2) is 38.1 Å². The van der Waals surface area contributed by atoms with Gasteiger partial charge < -0.3 is 15.7 Å². The summed E-state index contributed by atoms with van der Waals surface area (Å²) in [7, 11) is 1.58. The Balaban J connectivity index is 2.22. The molecule has 1 aromatic carbocycles. The molecule has 1 aromatic heterocycles. The van der Waals surface area contributed by atoms with Gasteiger partial charge in [0.1, 0.15) is 5.03 Å². The Morgan fingerprint density at radius 1 is 1.38 bits per heavy atom. The van der Waals surface area contributed by atoms with Crippen molar-refractivity contribution >= 4 is 52.6 Å². The van der Waals surface area contributed by atoms with Crippen molar-refractivity contribution < 1.29 is 14.7 Å². The number of rotatable bonds is 6. The lowest BCUT2D eigenvalue weighted by Crippen LogP contribution is -2.24. The van der Waals surface area contributed by atoms with Gasteiger partial charge in [-0.15, -0.1) is 0 Å². The molecule has 0 aliphatic heterocycles. The highest BCUT2D eigenvalue weighted by molar-refractivity contribution is 7.99. The molecular weight excluding hydrogens is 441 g/mol. The maximum absolute atomic E-state index is 12.2. The summed E-state index contributed by atoms with van der Waals surface area (Å²) in [6.07, 6.45) is -0.828. The van der Waals surface area contributed by atoms with E-state index in [0.717, 1.165) is 0 Å². The number of anilines is 1. The van der Waals surface area contributed by atoms with E-state index in [0.29, 0.717) is 21.2 Å². The lowest BCUT2D eigenvalue weighted by molar-refractivity contribution is 0.176. The summed E-state index contributed by atoms with van der Waals surface area (Å²) in [5.41, 5.74) is 5.99. The summed E-state index contributed by atoms with van der Waals surface area (Å²) in [6.45, 7) is 3.46. The van der Waals surface area contributed by atoms with Gasteiger partial charge in [0.2, 0.25) is 0 Å². The van der Waals surface area contributed by atoms with Gasteiger partial charge >= 0.3 is 6.09 Å². The molecule has 12 heteroatoms. The van der Waals surface area contributed by atoms with Crippen molar-refractivity contribution in [2.24, 2.45) is 17.9 Å². The Hall–Kier alpha value is -2.43. The number of halogens is 2. The molecule has 0 atom stereocenters. The van der Waals surface area contributed by atoms with Gasteiger partial charge in [0, 0.05) is 18.3 Å². The van der Waals surface area contributed by atoms with Crippen molar-refractivity contribution in [1.82, 2.24) is 9.78 Å². The third-order valence-corrected chi connectivity index (χ3v) is 5.49. The first kappa shape index (κ1) is 22.9. The highest BCUT2D eigenvalue weighted by Gasteiger charge is 2.16. The molecule has 1 heterocycles. The van der Waals surface area contributed by atoms with Crippen LogP contribution in [0.3, 0.4) is 0 Å². The normalized spacial score (nSPS) is 11.6. The number of hydrogen-bond acceptors (Lipinski definition) is 7. The van der Waals surface area contributed by atoms with Gasteiger partial charge in [-0.3, -0.25) is 10.1 Å². The minimum absolute atomic E-state index is 0.0319. The number of oxime groups is 1. The Bertz CT molecular complexity index is 987. The molecule has 0 saturated carbocycles. The predicted octanol–water partition coefficient (Wildman–Crippen LogP) is 3.66. The first-order valence-corrected chi connectivity index (χ1v) is 9.85. The summed E-state index contributed by atoms with van der Waals surface area (Å²) < 4.78 is 6.04. The molecule has 0 bridgehead atoms. The van der Waals surface area contributed by atoms with Crippen LogP contribution >= 0.6 is 35.0 Å². The van der Waals surface area contributed by atoms with Gasteiger partial charge in [-0.1, -0.05) is 54.0 Å². The van der Waals surface area contributed by atoms with E-state index in [9.17, 15) is 9.59 Å². The van der Waals surface area contributed by atoms with Crippen LogP contribution in [0.4, 0.5) is 10.5 Å². The average Bonchev–Trinajstić information content (AvgIpc) is 2.65. The number of nitrogens with one attached hydrogen (secondary N) is 1. The van der Waals surface area contributed by atoms with E-state index in [1.165, 1.54) is 28.6 Å². The first-order valence-electron chi connectivity index (χ1n) is 8.27. The lowest BCUT2D eigenvalue weighted by Gasteiger charge is -2.12. The SMILES string of the molecule is CC(C)c1cc(Sc2c(Cl)cc(NC(=O)OCC(N)=NO)cc2Cl)nn(C)c1=O. The van der Waals surface area contributed by atoms with Gasteiger partial charge in [0.15, 0.2) is 12.4 Å². The van der Waals surface area contributed by atoms with Crippen molar-refractivity contribution in [3.05, 3.63) is 44.2 Å². The van der Waals surface area contributed by atoms with Crippen LogP contribution in [0.1, 0.15) is 25.3 Å². The second-order valence-electron chi connectivity index (χ2n) is 6.18. The van der Waals surface area contributed by atoms with Crippen molar-refractivity contribution in [3.63, 3.8) is 0 Å². The summed E-state index contributed by atoms with van der Waals surface area (Å²) in [5.74, 6) is -0.224. The summed E-state index contributed by atoms with van der Waals surface area (Å²) in [5, 5.41) is 18.9. The summed E-state index contributed by atoms with van der Waals surface area (Å²) in [4.78, 5) is 24.4. The minimum atomic E-state index is -0.828. The van der Waals surface area contributed by atoms with Crippen molar-refractivity contribution in [1.29, 1.82) is 0 Å². The summed E-state index contributed by atoms with van der Waals surface area (Å²) >= 11 is 13.9. The van der Waals surface area contributed by atoms with Gasteiger partial charge in [-0.25, -0.2) is 9.48 Å². The molecule has 0 radical (unpaired) electrons. The second-order valence-corrected chi connectivity index (χ2v) is 8.03. The Morgan fingerprint density at radius 3 is 2.55 bits per heavy atom. The maximum Gasteiger partial charge on any atom is 0.412 e. The Morgan fingerprint density at radius 2 is 2.00 bits per heavy atom. The van der Waals surface area contributed by atoms with Crippen LogP contribution in [0.5, 0.6) is 0 Å². The summed E-state index contributed by atoms with van der Waals surface area (Å²) in [6, 6.07) is 4.69. The molecule has 0 fully saturated rings. The largest absolute Gasteiger partial charge is 0.441 e. The average molecular weight is 460 g/mol. The topological polar surface area (TPSA) is 132 Å². The van der Waals surface area contributed by atoms with Crippen LogP contribution in [0.25, 0.3) is 0 Å². The monoisotopic (exact) mass is 459 g/mol. The Labute approximate surface area is 180 Å². The third kappa shape index (κ3) is 6.02. The number of amides is 1. The number of benzene rings is 1.